The first-order chi connectivity index (χ1) is 16.2. The molecule has 1 heterocycles. The number of hydrogen-bond acceptors (Lipinski definition) is 3. The normalized spacial score (nSPS) is 18.1. The summed E-state index contributed by atoms with van der Waals surface area (Å²) in [6.07, 6.45) is 2.44. The van der Waals surface area contributed by atoms with Gasteiger partial charge in [0.05, 0.1) is 12.5 Å². The van der Waals surface area contributed by atoms with E-state index in [0.29, 0.717) is 17.5 Å². The molecule has 178 valence electrons. The van der Waals surface area contributed by atoms with Gasteiger partial charge in [-0.1, -0.05) is 48.5 Å². The zero-order chi connectivity index (χ0) is 24.5. The summed E-state index contributed by atoms with van der Waals surface area (Å²) in [6.45, 7) is 10.4. The first-order valence-corrected chi connectivity index (χ1v) is 12.0. The van der Waals surface area contributed by atoms with Crippen LogP contribution in [0.1, 0.15) is 60.4 Å². The Kier molecular flexibility index (Phi) is 6.79. The molecule has 34 heavy (non-hydrogen) atoms. The van der Waals surface area contributed by atoms with Crippen molar-refractivity contribution in [3.63, 3.8) is 0 Å². The number of halogens is 1. The van der Waals surface area contributed by atoms with Crippen LogP contribution < -0.4 is 4.74 Å². The highest BCUT2D eigenvalue weighted by molar-refractivity contribution is 5.78. The third-order valence-corrected chi connectivity index (χ3v) is 7.17. The predicted molar refractivity (Wildman–Crippen MR) is 134 cm³/mol. The van der Waals surface area contributed by atoms with Crippen molar-refractivity contribution in [2.75, 3.05) is 6.61 Å². The van der Waals surface area contributed by atoms with Gasteiger partial charge < -0.3 is 9.47 Å². The molecule has 0 saturated carbocycles. The summed E-state index contributed by atoms with van der Waals surface area (Å²) in [5, 5.41) is 0. The zero-order valence-corrected chi connectivity index (χ0v) is 20.7. The summed E-state index contributed by atoms with van der Waals surface area (Å²) in [7, 11) is 0. The Bertz CT molecular complexity index is 1200. The van der Waals surface area contributed by atoms with E-state index in [2.05, 4.69) is 33.8 Å². The van der Waals surface area contributed by atoms with Gasteiger partial charge in [-0.3, -0.25) is 4.79 Å². The molecule has 2 unspecified atom stereocenters. The van der Waals surface area contributed by atoms with Gasteiger partial charge in [-0.2, -0.15) is 0 Å². The fourth-order valence-electron chi connectivity index (χ4n) is 4.70. The highest BCUT2D eigenvalue weighted by Crippen LogP contribution is 2.40. The van der Waals surface area contributed by atoms with Gasteiger partial charge in [0.25, 0.3) is 0 Å². The molecule has 0 fully saturated rings. The molecule has 0 radical (unpaired) electrons. The number of aryl methyl sites for hydroxylation is 2. The maximum Gasteiger partial charge on any atom is 0.313 e. The van der Waals surface area contributed by atoms with Crippen LogP contribution in [0.25, 0.3) is 11.1 Å². The lowest BCUT2D eigenvalue weighted by molar-refractivity contribution is -0.146. The fraction of sp³-hybridized carbons (Fsp3) is 0.367. The van der Waals surface area contributed by atoms with Gasteiger partial charge in [-0.25, -0.2) is 4.39 Å². The lowest BCUT2D eigenvalue weighted by atomic mass is 9.86. The average molecular weight is 461 g/mol. The minimum absolute atomic E-state index is 0.267. The van der Waals surface area contributed by atoms with E-state index >= 15 is 0 Å². The molecule has 3 aromatic carbocycles. The molecule has 3 nitrogen and oxygen atoms in total. The van der Waals surface area contributed by atoms with Crippen molar-refractivity contribution in [3.05, 3.63) is 88.2 Å². The molecule has 3 aromatic rings. The monoisotopic (exact) mass is 460 g/mol. The Labute approximate surface area is 201 Å². The quantitative estimate of drug-likeness (QED) is 0.364. The molecule has 1 aliphatic heterocycles. The SMILES string of the molecule is Cc1cc(C)c2c(c1C)OC(C)(CCOC(=O)C(C)c1ccc(-c3ccccc3)c(F)c1)CC2. The molecule has 0 amide bonds. The minimum Gasteiger partial charge on any atom is -0.487 e. The van der Waals surface area contributed by atoms with Crippen LogP contribution in [0, 0.1) is 26.6 Å². The van der Waals surface area contributed by atoms with Crippen LogP contribution in [-0.4, -0.2) is 18.2 Å². The number of benzene rings is 3. The van der Waals surface area contributed by atoms with Crippen molar-refractivity contribution in [2.24, 2.45) is 0 Å². The van der Waals surface area contributed by atoms with Crippen LogP contribution >= 0.6 is 0 Å². The fourth-order valence-corrected chi connectivity index (χ4v) is 4.70. The maximum atomic E-state index is 14.7. The maximum absolute atomic E-state index is 14.7. The second-order valence-electron chi connectivity index (χ2n) is 9.74. The smallest absolute Gasteiger partial charge is 0.313 e. The van der Waals surface area contributed by atoms with E-state index < -0.39 is 5.92 Å². The van der Waals surface area contributed by atoms with Crippen LogP contribution in [0.2, 0.25) is 0 Å². The molecule has 4 heteroatoms. The van der Waals surface area contributed by atoms with Crippen molar-refractivity contribution in [1.82, 2.24) is 0 Å². The lowest BCUT2D eigenvalue weighted by Crippen LogP contribution is -2.38. The second kappa shape index (κ2) is 9.61. The van der Waals surface area contributed by atoms with Gasteiger partial charge in [0.1, 0.15) is 17.2 Å². The van der Waals surface area contributed by atoms with Gasteiger partial charge in [-0.05, 0) is 86.9 Å². The number of hydrogen-bond donors (Lipinski definition) is 0. The Balaban J connectivity index is 1.37. The van der Waals surface area contributed by atoms with E-state index in [9.17, 15) is 9.18 Å². The number of esters is 1. The third-order valence-electron chi connectivity index (χ3n) is 7.17. The second-order valence-corrected chi connectivity index (χ2v) is 9.74. The van der Waals surface area contributed by atoms with Crippen LogP contribution in [-0.2, 0) is 16.0 Å². The Hall–Kier alpha value is -3.14. The molecule has 4 rings (SSSR count). The van der Waals surface area contributed by atoms with Crippen LogP contribution in [0.4, 0.5) is 4.39 Å². The molecule has 1 aliphatic rings. The summed E-state index contributed by atoms with van der Waals surface area (Å²) in [6, 6.07) is 16.6. The molecule has 0 saturated heterocycles. The Morgan fingerprint density at radius 3 is 2.53 bits per heavy atom. The molecular formula is C30H33FO3. The van der Waals surface area contributed by atoms with E-state index in [1.807, 2.05) is 30.3 Å². The van der Waals surface area contributed by atoms with E-state index in [-0.39, 0.29) is 24.0 Å². The van der Waals surface area contributed by atoms with E-state index in [1.54, 1.807) is 19.1 Å². The molecular weight excluding hydrogens is 427 g/mol. The number of ether oxygens (including phenoxy) is 2. The molecule has 0 bridgehead atoms. The van der Waals surface area contributed by atoms with E-state index in [1.165, 1.54) is 28.3 Å². The van der Waals surface area contributed by atoms with Gasteiger partial charge >= 0.3 is 5.97 Å². The van der Waals surface area contributed by atoms with Gasteiger partial charge in [0.2, 0.25) is 0 Å². The molecule has 0 N–H and O–H groups in total. The summed E-state index contributed by atoms with van der Waals surface area (Å²) in [4.78, 5) is 12.7. The average Bonchev–Trinajstić information content (AvgIpc) is 2.82. The molecule has 0 aliphatic carbocycles. The van der Waals surface area contributed by atoms with Crippen molar-refractivity contribution in [2.45, 2.75) is 65.4 Å². The first kappa shape index (κ1) is 24.0. The summed E-state index contributed by atoms with van der Waals surface area (Å²) in [5.41, 5.74) is 6.52. The summed E-state index contributed by atoms with van der Waals surface area (Å²) < 4.78 is 26.8. The Morgan fingerprint density at radius 1 is 1.09 bits per heavy atom. The standard InChI is InChI=1S/C30H33FO3/c1-19-17-20(2)25-13-14-30(5,34-28(25)21(19)3)15-16-33-29(32)22(4)24-11-12-26(27(31)18-24)23-9-7-6-8-10-23/h6-12,17-18,22H,13-16H2,1-5H3. The molecule has 2 atom stereocenters. The van der Waals surface area contributed by atoms with Gasteiger partial charge in [0, 0.05) is 12.0 Å². The first-order valence-electron chi connectivity index (χ1n) is 12.0. The number of fused-ring (bicyclic) bond motifs is 1. The van der Waals surface area contributed by atoms with Crippen LogP contribution in [0.15, 0.2) is 54.6 Å². The topological polar surface area (TPSA) is 35.5 Å². The van der Waals surface area contributed by atoms with E-state index in [4.69, 9.17) is 9.47 Å². The predicted octanol–water partition coefficient (Wildman–Crippen LogP) is 7.24. The van der Waals surface area contributed by atoms with E-state index in [0.717, 1.165) is 24.2 Å². The van der Waals surface area contributed by atoms with Crippen molar-refractivity contribution >= 4 is 5.97 Å². The Morgan fingerprint density at radius 2 is 1.82 bits per heavy atom. The molecule has 0 aromatic heterocycles. The highest BCUT2D eigenvalue weighted by atomic mass is 19.1. The van der Waals surface area contributed by atoms with Crippen molar-refractivity contribution in [1.29, 1.82) is 0 Å². The van der Waals surface area contributed by atoms with Crippen LogP contribution in [0.3, 0.4) is 0 Å². The number of carbonyl (C=O) groups excluding carboxylic acids is 1. The number of carbonyl (C=O) groups is 1. The summed E-state index contributed by atoms with van der Waals surface area (Å²) in [5.74, 6) is -0.256. The van der Waals surface area contributed by atoms with Gasteiger partial charge in [0.15, 0.2) is 0 Å². The summed E-state index contributed by atoms with van der Waals surface area (Å²) >= 11 is 0. The third kappa shape index (κ3) is 4.86. The zero-order valence-electron chi connectivity index (χ0n) is 20.7. The van der Waals surface area contributed by atoms with Crippen molar-refractivity contribution in [3.8, 4) is 16.9 Å². The van der Waals surface area contributed by atoms with Crippen LogP contribution in [0.5, 0.6) is 5.75 Å². The minimum atomic E-state index is -0.548. The van der Waals surface area contributed by atoms with Crippen molar-refractivity contribution < 1.29 is 18.7 Å². The highest BCUT2D eigenvalue weighted by Gasteiger charge is 2.34. The molecule has 0 spiro atoms. The number of rotatable bonds is 6. The van der Waals surface area contributed by atoms with Gasteiger partial charge in [-0.15, -0.1) is 0 Å². The largest absolute Gasteiger partial charge is 0.487 e. The lowest BCUT2D eigenvalue weighted by Gasteiger charge is -2.37.